The van der Waals surface area contributed by atoms with Gasteiger partial charge in [0.15, 0.2) is 6.61 Å². The fraction of sp³-hybridized carbons (Fsp3) is 0.455. The molecule has 0 aromatic carbocycles. The summed E-state index contributed by atoms with van der Waals surface area (Å²) in [5.41, 5.74) is 1.88. The van der Waals surface area contributed by atoms with E-state index in [1.165, 1.54) is 12.4 Å². The van der Waals surface area contributed by atoms with E-state index >= 15 is 0 Å². The largest absolute Gasteiger partial charge is 0.485 e. The lowest BCUT2D eigenvalue weighted by Crippen LogP contribution is -2.34. The number of aromatic nitrogens is 2. The van der Waals surface area contributed by atoms with Gasteiger partial charge in [-0.3, -0.25) is 14.6 Å². The van der Waals surface area contributed by atoms with Gasteiger partial charge in [-0.1, -0.05) is 13.8 Å². The number of hydrogen-bond acceptors (Lipinski definition) is 5. The molecule has 0 aliphatic carbocycles. The van der Waals surface area contributed by atoms with E-state index in [1.807, 2.05) is 0 Å². The summed E-state index contributed by atoms with van der Waals surface area (Å²) in [6.45, 7) is 5.52. The Hall–Kier alpha value is -3.24. The summed E-state index contributed by atoms with van der Waals surface area (Å²) in [6.07, 6.45) is -1.21. The summed E-state index contributed by atoms with van der Waals surface area (Å²) >= 11 is 0. The molecule has 1 N–H and O–H groups in total. The number of fused-ring (bicyclic) bond motifs is 1. The molecule has 1 atom stereocenters. The summed E-state index contributed by atoms with van der Waals surface area (Å²) in [6, 6.07) is 2.62. The third kappa shape index (κ3) is 5.07. The van der Waals surface area contributed by atoms with E-state index in [0.29, 0.717) is 28.2 Å². The number of aryl methyl sites for hydroxylation is 1. The predicted molar refractivity (Wildman–Crippen MR) is 111 cm³/mol. The molecule has 0 saturated heterocycles. The van der Waals surface area contributed by atoms with Crippen LogP contribution in [0.2, 0.25) is 0 Å². The molecule has 178 valence electrons. The van der Waals surface area contributed by atoms with Gasteiger partial charge in [-0.05, 0) is 31.5 Å². The molecule has 0 saturated carbocycles. The van der Waals surface area contributed by atoms with Gasteiger partial charge in [0.25, 0.3) is 5.91 Å². The lowest BCUT2D eigenvalue weighted by molar-refractivity contribution is -0.148. The van der Waals surface area contributed by atoms with Crippen molar-refractivity contribution in [2.24, 2.45) is 5.92 Å². The molecule has 0 bridgehead atoms. The van der Waals surface area contributed by atoms with Gasteiger partial charge in [0.2, 0.25) is 5.91 Å². The highest BCUT2D eigenvalue weighted by molar-refractivity contribution is 6.01. The van der Waals surface area contributed by atoms with Crippen LogP contribution in [-0.2, 0) is 11.3 Å². The molecule has 1 aliphatic heterocycles. The Bertz CT molecular complexity index is 1060. The Morgan fingerprint density at radius 2 is 1.97 bits per heavy atom. The first-order valence-corrected chi connectivity index (χ1v) is 10.3. The SMILES string of the molecule is Cc1cc(C(C)N2Cc3c(ccnc3NC(=O)C(C)C)C2=O)ncc1OCC(F)(F)C(F)F. The molecule has 0 spiro atoms. The first-order chi connectivity index (χ1) is 15.4. The lowest BCUT2D eigenvalue weighted by atomic mass is 10.1. The number of hydrogen-bond donors (Lipinski definition) is 1. The zero-order valence-corrected chi connectivity index (χ0v) is 18.5. The second-order valence-electron chi connectivity index (χ2n) is 8.16. The first-order valence-electron chi connectivity index (χ1n) is 10.3. The number of anilines is 1. The van der Waals surface area contributed by atoms with Crippen molar-refractivity contribution >= 4 is 17.6 Å². The van der Waals surface area contributed by atoms with Crippen molar-refractivity contribution < 1.29 is 31.9 Å². The van der Waals surface area contributed by atoms with Gasteiger partial charge in [0.1, 0.15) is 11.6 Å². The Morgan fingerprint density at radius 1 is 1.27 bits per heavy atom. The maximum absolute atomic E-state index is 13.1. The van der Waals surface area contributed by atoms with E-state index in [2.05, 4.69) is 15.3 Å². The van der Waals surface area contributed by atoms with Gasteiger partial charge in [-0.2, -0.15) is 8.78 Å². The number of carbonyl (C=O) groups excluding carboxylic acids is 2. The highest BCUT2D eigenvalue weighted by Crippen LogP contribution is 2.34. The highest BCUT2D eigenvalue weighted by atomic mass is 19.3. The molecule has 33 heavy (non-hydrogen) atoms. The number of nitrogens with zero attached hydrogens (tertiary/aromatic N) is 3. The van der Waals surface area contributed by atoms with Crippen molar-refractivity contribution in [3.63, 3.8) is 0 Å². The molecule has 2 aromatic rings. The van der Waals surface area contributed by atoms with Crippen LogP contribution in [0.5, 0.6) is 5.75 Å². The molecule has 2 aromatic heterocycles. The van der Waals surface area contributed by atoms with E-state index < -0.39 is 25.0 Å². The van der Waals surface area contributed by atoms with Crippen LogP contribution < -0.4 is 10.1 Å². The van der Waals surface area contributed by atoms with E-state index in [-0.39, 0.29) is 30.0 Å². The van der Waals surface area contributed by atoms with Crippen molar-refractivity contribution in [1.29, 1.82) is 0 Å². The Labute approximate surface area is 188 Å². The van der Waals surface area contributed by atoms with Crippen LogP contribution in [0, 0.1) is 12.8 Å². The second kappa shape index (κ2) is 9.32. The zero-order valence-electron chi connectivity index (χ0n) is 18.5. The van der Waals surface area contributed by atoms with Crippen LogP contribution in [-0.4, -0.2) is 45.6 Å². The van der Waals surface area contributed by atoms with Crippen LogP contribution >= 0.6 is 0 Å². The minimum absolute atomic E-state index is 0.0507. The third-order valence-electron chi connectivity index (χ3n) is 5.36. The number of carbonyl (C=O) groups is 2. The van der Waals surface area contributed by atoms with Crippen LogP contribution in [0.25, 0.3) is 0 Å². The Morgan fingerprint density at radius 3 is 2.58 bits per heavy atom. The van der Waals surface area contributed by atoms with Gasteiger partial charge in [-0.15, -0.1) is 0 Å². The molecule has 1 aliphatic rings. The van der Waals surface area contributed by atoms with E-state index in [4.69, 9.17) is 4.74 Å². The topological polar surface area (TPSA) is 84.4 Å². The number of rotatable bonds is 8. The van der Waals surface area contributed by atoms with Crippen molar-refractivity contribution in [3.05, 3.63) is 46.9 Å². The van der Waals surface area contributed by atoms with Crippen LogP contribution in [0.4, 0.5) is 23.4 Å². The smallest absolute Gasteiger partial charge is 0.340 e. The highest BCUT2D eigenvalue weighted by Gasteiger charge is 2.42. The molecule has 0 fully saturated rings. The Balaban J connectivity index is 1.77. The maximum atomic E-state index is 13.1. The Kier molecular flexibility index (Phi) is 6.89. The molecular formula is C22H24F4N4O3. The summed E-state index contributed by atoms with van der Waals surface area (Å²) in [5, 5.41) is 2.74. The monoisotopic (exact) mass is 468 g/mol. The summed E-state index contributed by atoms with van der Waals surface area (Å²) in [5.74, 6) is -4.75. The number of amides is 2. The number of alkyl halides is 4. The maximum Gasteiger partial charge on any atom is 0.340 e. The van der Waals surface area contributed by atoms with E-state index in [1.54, 1.807) is 44.7 Å². The van der Waals surface area contributed by atoms with E-state index in [0.717, 1.165) is 0 Å². The minimum atomic E-state index is -4.27. The van der Waals surface area contributed by atoms with Gasteiger partial charge in [-0.25, -0.2) is 13.8 Å². The van der Waals surface area contributed by atoms with Crippen LogP contribution in [0.15, 0.2) is 24.5 Å². The van der Waals surface area contributed by atoms with Crippen molar-refractivity contribution in [2.75, 3.05) is 11.9 Å². The molecule has 3 heterocycles. The summed E-state index contributed by atoms with van der Waals surface area (Å²) in [4.78, 5) is 35.0. The lowest BCUT2D eigenvalue weighted by Gasteiger charge is -2.24. The predicted octanol–water partition coefficient (Wildman–Crippen LogP) is 4.38. The van der Waals surface area contributed by atoms with Crippen molar-refractivity contribution in [1.82, 2.24) is 14.9 Å². The quantitative estimate of drug-likeness (QED) is 0.582. The van der Waals surface area contributed by atoms with Gasteiger partial charge >= 0.3 is 12.3 Å². The molecule has 11 heteroatoms. The van der Waals surface area contributed by atoms with Crippen molar-refractivity contribution in [3.8, 4) is 5.75 Å². The molecule has 3 rings (SSSR count). The van der Waals surface area contributed by atoms with Crippen molar-refractivity contribution in [2.45, 2.75) is 52.6 Å². The molecule has 1 unspecified atom stereocenters. The molecular weight excluding hydrogens is 444 g/mol. The standard InChI is InChI=1S/C22H24F4N4O3/c1-11(2)19(31)29-18-15-9-30(20(32)14(15)5-6-27-18)13(4)16-7-12(3)17(8-28-16)33-10-22(25,26)21(23)24/h5-8,11,13,21H,9-10H2,1-4H3,(H,27,29,31). The average molecular weight is 468 g/mol. The normalized spacial score (nSPS) is 14.6. The van der Waals surface area contributed by atoms with Gasteiger partial charge < -0.3 is 15.0 Å². The fourth-order valence-corrected chi connectivity index (χ4v) is 3.27. The number of nitrogens with one attached hydrogen (secondary N) is 1. The molecule has 0 radical (unpaired) electrons. The fourth-order valence-electron chi connectivity index (χ4n) is 3.27. The zero-order chi connectivity index (χ0) is 24.5. The third-order valence-corrected chi connectivity index (χ3v) is 5.36. The summed E-state index contributed by atoms with van der Waals surface area (Å²) in [7, 11) is 0. The first kappa shape index (κ1) is 24.4. The summed E-state index contributed by atoms with van der Waals surface area (Å²) < 4.78 is 55.8. The van der Waals surface area contributed by atoms with Gasteiger partial charge in [0, 0.05) is 23.2 Å². The second-order valence-corrected chi connectivity index (χ2v) is 8.16. The van der Waals surface area contributed by atoms with Crippen LogP contribution in [0.3, 0.4) is 0 Å². The molecule has 7 nitrogen and oxygen atoms in total. The minimum Gasteiger partial charge on any atom is -0.485 e. The molecule has 2 amide bonds. The van der Waals surface area contributed by atoms with Gasteiger partial charge in [0.05, 0.1) is 24.5 Å². The number of halogens is 4. The van der Waals surface area contributed by atoms with Crippen LogP contribution in [0.1, 0.15) is 54.0 Å². The number of ether oxygens (including phenoxy) is 1. The number of pyridine rings is 2. The van der Waals surface area contributed by atoms with E-state index in [9.17, 15) is 27.2 Å². The average Bonchev–Trinajstić information content (AvgIpc) is 3.09.